The Balaban J connectivity index is 1.28. The predicted molar refractivity (Wildman–Crippen MR) is 121 cm³/mol. The van der Waals surface area contributed by atoms with E-state index in [-0.39, 0.29) is 22.4 Å². The van der Waals surface area contributed by atoms with E-state index in [4.69, 9.17) is 0 Å². The molecule has 172 valence electrons. The minimum absolute atomic E-state index is 0.131. The fourth-order valence-electron chi connectivity index (χ4n) is 3.53. The van der Waals surface area contributed by atoms with E-state index in [1.807, 2.05) is 24.3 Å². The average molecular weight is 472 g/mol. The van der Waals surface area contributed by atoms with Gasteiger partial charge in [0, 0.05) is 37.4 Å². The molecule has 0 radical (unpaired) electrons. The Kier molecular flexibility index (Phi) is 7.05. The van der Waals surface area contributed by atoms with Crippen molar-refractivity contribution in [2.24, 2.45) is 0 Å². The zero-order chi connectivity index (χ0) is 23.4. The number of rotatable bonds is 6. The van der Waals surface area contributed by atoms with Crippen LogP contribution in [0.25, 0.3) is 0 Å². The minimum Gasteiger partial charge on any atom is -0.336 e. The van der Waals surface area contributed by atoms with Gasteiger partial charge in [0.1, 0.15) is 5.01 Å². The Labute approximate surface area is 194 Å². The van der Waals surface area contributed by atoms with Crippen LogP contribution in [0.4, 0.5) is 14.5 Å². The summed E-state index contributed by atoms with van der Waals surface area (Å²) in [6.07, 6.45) is 0.932. The van der Waals surface area contributed by atoms with E-state index in [1.165, 1.54) is 23.0 Å². The lowest BCUT2D eigenvalue weighted by Gasteiger charge is -2.34. The molecule has 1 fully saturated rings. The first kappa shape index (κ1) is 22.9. The number of amides is 2. The van der Waals surface area contributed by atoms with Crippen molar-refractivity contribution in [2.75, 3.05) is 31.5 Å². The Hall–Kier alpha value is -3.24. The van der Waals surface area contributed by atoms with Crippen molar-refractivity contribution >= 4 is 28.8 Å². The maximum atomic E-state index is 13.4. The zero-order valence-corrected chi connectivity index (χ0v) is 18.9. The first-order valence-corrected chi connectivity index (χ1v) is 11.4. The summed E-state index contributed by atoms with van der Waals surface area (Å²) >= 11 is 1.23. The molecule has 1 aliphatic rings. The lowest BCUT2D eigenvalue weighted by Crippen LogP contribution is -2.48. The maximum Gasteiger partial charge on any atom is 0.286 e. The lowest BCUT2D eigenvalue weighted by molar-refractivity contribution is 0.0627. The highest BCUT2D eigenvalue weighted by molar-refractivity contribution is 7.13. The Morgan fingerprint density at radius 2 is 1.73 bits per heavy atom. The Bertz CT molecular complexity index is 1140. The molecule has 1 aliphatic heterocycles. The van der Waals surface area contributed by atoms with E-state index in [2.05, 4.69) is 27.3 Å². The number of carbonyl (C=O) groups is 2. The number of nitrogens with zero attached hydrogens (tertiary/aromatic N) is 4. The molecule has 4 rings (SSSR count). The monoisotopic (exact) mass is 471 g/mol. The van der Waals surface area contributed by atoms with Crippen LogP contribution in [0.1, 0.15) is 37.7 Å². The van der Waals surface area contributed by atoms with Gasteiger partial charge in [-0.1, -0.05) is 30.4 Å². The summed E-state index contributed by atoms with van der Waals surface area (Å²) in [5.74, 6) is -2.63. The van der Waals surface area contributed by atoms with Crippen LogP contribution < -0.4 is 5.32 Å². The summed E-state index contributed by atoms with van der Waals surface area (Å²) < 4.78 is 26.5. The Morgan fingerprint density at radius 1 is 1.00 bits per heavy atom. The molecule has 2 heterocycles. The lowest BCUT2D eigenvalue weighted by atomic mass is 10.1. The van der Waals surface area contributed by atoms with Crippen LogP contribution in [0.5, 0.6) is 0 Å². The second-order valence-corrected chi connectivity index (χ2v) is 8.76. The van der Waals surface area contributed by atoms with Gasteiger partial charge in [0.15, 0.2) is 11.6 Å². The number of halogens is 2. The van der Waals surface area contributed by atoms with Crippen LogP contribution in [0.3, 0.4) is 0 Å². The smallest absolute Gasteiger partial charge is 0.286 e. The summed E-state index contributed by atoms with van der Waals surface area (Å²) in [6.45, 7) is 4.69. The molecular formula is C23H23F2N5O2S. The van der Waals surface area contributed by atoms with Gasteiger partial charge in [-0.2, -0.15) is 0 Å². The third-order valence-corrected chi connectivity index (χ3v) is 6.37. The molecule has 0 spiro atoms. The van der Waals surface area contributed by atoms with Gasteiger partial charge in [-0.15, -0.1) is 10.2 Å². The molecule has 0 aliphatic carbocycles. The number of aryl methyl sites for hydroxylation is 1. The van der Waals surface area contributed by atoms with Crippen molar-refractivity contribution in [2.45, 2.75) is 19.9 Å². The number of hydrogen-bond donors (Lipinski definition) is 1. The van der Waals surface area contributed by atoms with E-state index >= 15 is 0 Å². The third-order valence-electron chi connectivity index (χ3n) is 5.47. The number of aromatic nitrogens is 2. The quantitative estimate of drug-likeness (QED) is 0.595. The van der Waals surface area contributed by atoms with Crippen molar-refractivity contribution in [1.82, 2.24) is 20.0 Å². The number of hydrogen-bond acceptors (Lipinski definition) is 6. The van der Waals surface area contributed by atoms with Crippen LogP contribution in [-0.2, 0) is 13.0 Å². The van der Waals surface area contributed by atoms with Crippen molar-refractivity contribution in [3.63, 3.8) is 0 Å². The first-order chi connectivity index (χ1) is 15.9. The fourth-order valence-corrected chi connectivity index (χ4v) is 4.31. The van der Waals surface area contributed by atoms with Gasteiger partial charge in [-0.05, 0) is 42.3 Å². The number of nitrogens with one attached hydrogen (secondary N) is 1. The normalized spacial score (nSPS) is 14.3. The standard InChI is InChI=1S/C23H23F2N5O2S/c1-2-15-3-6-17(7-4-15)26-21(31)22-28-27-20(33-22)14-29-9-11-30(12-10-29)23(32)16-5-8-18(24)19(25)13-16/h3-8,13H,2,9-12,14H2,1H3,(H,26,31). The van der Waals surface area contributed by atoms with E-state index in [0.29, 0.717) is 43.4 Å². The Morgan fingerprint density at radius 3 is 2.39 bits per heavy atom. The van der Waals surface area contributed by atoms with E-state index in [0.717, 1.165) is 18.6 Å². The van der Waals surface area contributed by atoms with Gasteiger partial charge in [0.25, 0.3) is 11.8 Å². The summed E-state index contributed by atoms with van der Waals surface area (Å²) in [5, 5.41) is 12.0. The van der Waals surface area contributed by atoms with Gasteiger partial charge in [0.05, 0.1) is 6.54 Å². The van der Waals surface area contributed by atoms with Crippen LogP contribution >= 0.6 is 11.3 Å². The van der Waals surface area contributed by atoms with Gasteiger partial charge in [-0.25, -0.2) is 8.78 Å². The molecule has 33 heavy (non-hydrogen) atoms. The molecule has 0 unspecified atom stereocenters. The number of anilines is 1. The molecule has 2 amide bonds. The second-order valence-electron chi connectivity index (χ2n) is 7.70. The average Bonchev–Trinajstić information content (AvgIpc) is 3.30. The fraction of sp³-hybridized carbons (Fsp3) is 0.304. The SMILES string of the molecule is CCc1ccc(NC(=O)c2nnc(CN3CCN(C(=O)c4ccc(F)c(F)c4)CC3)s2)cc1. The predicted octanol–water partition coefficient (Wildman–Crippen LogP) is 3.59. The summed E-state index contributed by atoms with van der Waals surface area (Å²) in [4.78, 5) is 28.7. The topological polar surface area (TPSA) is 78.4 Å². The first-order valence-electron chi connectivity index (χ1n) is 10.6. The summed E-state index contributed by atoms with van der Waals surface area (Å²) in [7, 11) is 0. The van der Waals surface area contributed by atoms with E-state index in [1.54, 1.807) is 4.90 Å². The molecular weight excluding hydrogens is 448 g/mol. The molecule has 1 N–H and O–H groups in total. The molecule has 2 aromatic carbocycles. The highest BCUT2D eigenvalue weighted by Crippen LogP contribution is 2.18. The van der Waals surface area contributed by atoms with Crippen molar-refractivity contribution in [1.29, 1.82) is 0 Å². The van der Waals surface area contributed by atoms with Gasteiger partial charge < -0.3 is 10.2 Å². The third kappa shape index (κ3) is 5.58. The van der Waals surface area contributed by atoms with Crippen LogP contribution in [-0.4, -0.2) is 58.0 Å². The van der Waals surface area contributed by atoms with Gasteiger partial charge >= 0.3 is 0 Å². The molecule has 0 bridgehead atoms. The molecule has 7 nitrogen and oxygen atoms in total. The molecule has 1 aromatic heterocycles. The molecule has 3 aromatic rings. The number of carbonyl (C=O) groups excluding carboxylic acids is 2. The molecule has 10 heteroatoms. The largest absolute Gasteiger partial charge is 0.336 e. The highest BCUT2D eigenvalue weighted by atomic mass is 32.1. The molecule has 0 atom stereocenters. The minimum atomic E-state index is -1.03. The maximum absolute atomic E-state index is 13.4. The van der Waals surface area contributed by atoms with E-state index < -0.39 is 11.6 Å². The summed E-state index contributed by atoms with van der Waals surface area (Å²) in [5.41, 5.74) is 2.03. The number of benzene rings is 2. The second kappa shape index (κ2) is 10.1. The molecule has 0 saturated carbocycles. The van der Waals surface area contributed by atoms with Crippen molar-refractivity contribution in [3.05, 3.63) is 75.2 Å². The van der Waals surface area contributed by atoms with Crippen molar-refractivity contribution < 1.29 is 18.4 Å². The van der Waals surface area contributed by atoms with Crippen molar-refractivity contribution in [3.8, 4) is 0 Å². The van der Waals surface area contributed by atoms with Gasteiger partial charge in [-0.3, -0.25) is 14.5 Å². The summed E-state index contributed by atoms with van der Waals surface area (Å²) in [6, 6.07) is 10.8. The van der Waals surface area contributed by atoms with Gasteiger partial charge in [0.2, 0.25) is 5.01 Å². The van der Waals surface area contributed by atoms with Crippen LogP contribution in [0.2, 0.25) is 0 Å². The highest BCUT2D eigenvalue weighted by Gasteiger charge is 2.24. The van der Waals surface area contributed by atoms with Crippen LogP contribution in [0.15, 0.2) is 42.5 Å². The van der Waals surface area contributed by atoms with Crippen LogP contribution in [0, 0.1) is 11.6 Å². The number of piperazine rings is 1. The van der Waals surface area contributed by atoms with E-state index in [9.17, 15) is 18.4 Å². The zero-order valence-electron chi connectivity index (χ0n) is 18.1. The molecule has 1 saturated heterocycles.